The van der Waals surface area contributed by atoms with Crippen molar-refractivity contribution in [1.29, 1.82) is 0 Å². The SMILES string of the molecule is CO[C@]1(C)C[C@H](O[C@H]2[C@H](C)[C@@H](O[C@@H]3O[C@H](C)C[C@H](N(C)C)[C@H]3OCCCNC(=O)CN3CCN(C)CC3)[C@](C)(O)C[C@@H](C)CN(C)C(=O)[C@H](Cc3c[nH]c4ccccc34)NC[C@]2(C)C=O)O[C@@H](C)[C@@H]1O. The molecule has 4 saturated heterocycles. The summed E-state index contributed by atoms with van der Waals surface area (Å²) >= 11 is 0. The number of likely N-dealkylation sites (N-methyl/N-ethyl adjacent to an activating group) is 3. The zero-order chi connectivity index (χ0) is 51.1. The van der Waals surface area contributed by atoms with Crippen LogP contribution in [0.3, 0.4) is 0 Å². The predicted molar refractivity (Wildman–Crippen MR) is 267 cm³/mol. The van der Waals surface area contributed by atoms with Crippen LogP contribution in [0.1, 0.15) is 79.7 Å². The highest BCUT2D eigenvalue weighted by Crippen LogP contribution is 2.42. The number of hydrogen-bond donors (Lipinski definition) is 5. The smallest absolute Gasteiger partial charge is 0.239 e. The zero-order valence-corrected chi connectivity index (χ0v) is 44.1. The van der Waals surface area contributed by atoms with Crippen molar-refractivity contribution in [2.24, 2.45) is 17.3 Å². The molecule has 2 aromatic rings. The van der Waals surface area contributed by atoms with Gasteiger partial charge in [-0.15, -0.1) is 0 Å². The number of aliphatic hydroxyl groups is 2. The molecule has 5 N–H and O–H groups in total. The summed E-state index contributed by atoms with van der Waals surface area (Å²) in [6.45, 7) is 18.1. The summed E-state index contributed by atoms with van der Waals surface area (Å²) in [6, 6.07) is 7.11. The third kappa shape index (κ3) is 13.7. The van der Waals surface area contributed by atoms with E-state index in [1.165, 1.54) is 0 Å². The fourth-order valence-corrected chi connectivity index (χ4v) is 11.4. The number of fused-ring (bicyclic) bond motifs is 1. The van der Waals surface area contributed by atoms with Crippen molar-refractivity contribution in [3.63, 3.8) is 0 Å². The number of aliphatic hydroxyl groups excluding tert-OH is 1. The standard InChI is InChI=1S/C52H87N7O11/c1-33-26-51(6,64)47(70-49-44(41(56(8)9)24-34(2)67-49)66-23-15-18-53-42(61)30-59-21-19-57(10)20-22-59)35(3)46(69-43-27-52(7,65-12)45(62)36(4)68-43)50(5,32-60)31-55-40(48(63)58(11)29-33)25-37-28-54-39-17-14-13-16-38(37)39/h13-14,16-17,28,32-36,40-41,43-47,49,54-55,62,64H,15,18-27,29-31H2,1-12H3,(H,53,61)/t33-,34-,35+,36+,40+,41+,43+,44-,45+,46+,47-,49+,50-,51-,52-/m1/s1. The Hall–Kier alpha value is -3.11. The number of nitrogens with zero attached hydrogens (tertiary/aromatic N) is 4. The van der Waals surface area contributed by atoms with Gasteiger partial charge in [0.25, 0.3) is 0 Å². The van der Waals surface area contributed by atoms with Crippen molar-refractivity contribution in [2.45, 2.75) is 153 Å². The zero-order valence-electron chi connectivity index (χ0n) is 44.1. The summed E-state index contributed by atoms with van der Waals surface area (Å²) in [5.74, 6) is -1.10. The van der Waals surface area contributed by atoms with Crippen molar-refractivity contribution in [1.82, 2.24) is 35.2 Å². The molecular weight excluding hydrogens is 899 g/mol. The van der Waals surface area contributed by atoms with E-state index in [0.717, 1.165) is 48.9 Å². The molecule has 70 heavy (non-hydrogen) atoms. The molecule has 0 spiro atoms. The minimum absolute atomic E-state index is 0.0128. The normalized spacial score (nSPS) is 38.0. The number of amides is 2. The van der Waals surface area contributed by atoms with E-state index in [9.17, 15) is 24.6 Å². The van der Waals surface area contributed by atoms with E-state index in [1.807, 2.05) is 72.3 Å². The van der Waals surface area contributed by atoms with Crippen LogP contribution in [-0.2, 0) is 49.2 Å². The van der Waals surface area contributed by atoms with E-state index in [1.54, 1.807) is 39.8 Å². The highest BCUT2D eigenvalue weighted by atomic mass is 16.7. The van der Waals surface area contributed by atoms with Crippen molar-refractivity contribution in [2.75, 3.05) is 94.3 Å². The number of methoxy groups -OCH3 is 1. The van der Waals surface area contributed by atoms with E-state index in [4.69, 9.17) is 28.4 Å². The highest BCUT2D eigenvalue weighted by molar-refractivity contribution is 5.86. The van der Waals surface area contributed by atoms with E-state index >= 15 is 0 Å². The van der Waals surface area contributed by atoms with Crippen LogP contribution in [0.25, 0.3) is 10.9 Å². The minimum Gasteiger partial charge on any atom is -0.387 e. The lowest BCUT2D eigenvalue weighted by atomic mass is 9.72. The van der Waals surface area contributed by atoms with Crippen LogP contribution in [0.5, 0.6) is 0 Å². The number of benzene rings is 1. The maximum Gasteiger partial charge on any atom is 0.239 e. The van der Waals surface area contributed by atoms with Gasteiger partial charge in [-0.3, -0.25) is 14.5 Å². The molecule has 4 aliphatic rings. The second-order valence-corrected chi connectivity index (χ2v) is 22.1. The Kier molecular flexibility index (Phi) is 19.5. The van der Waals surface area contributed by atoms with Gasteiger partial charge < -0.3 is 73.7 Å². The van der Waals surface area contributed by atoms with E-state index in [-0.39, 0.29) is 49.3 Å². The second-order valence-electron chi connectivity index (χ2n) is 22.1. The van der Waals surface area contributed by atoms with E-state index in [0.29, 0.717) is 45.5 Å². The van der Waals surface area contributed by atoms with Crippen LogP contribution in [0.2, 0.25) is 0 Å². The number of nitrogens with one attached hydrogen (secondary N) is 3. The van der Waals surface area contributed by atoms with Crippen LogP contribution in [0.4, 0.5) is 0 Å². The number of aromatic amines is 1. The summed E-state index contributed by atoms with van der Waals surface area (Å²) in [4.78, 5) is 53.0. The number of ether oxygens (including phenoxy) is 6. The van der Waals surface area contributed by atoms with Gasteiger partial charge in [-0.2, -0.15) is 0 Å². The summed E-state index contributed by atoms with van der Waals surface area (Å²) in [5, 5.41) is 31.8. The number of aromatic nitrogens is 1. The van der Waals surface area contributed by atoms with Gasteiger partial charge in [0.2, 0.25) is 11.8 Å². The van der Waals surface area contributed by atoms with Crippen molar-refractivity contribution in [3.05, 3.63) is 36.0 Å². The molecule has 4 fully saturated rings. The molecule has 5 heterocycles. The molecule has 18 heteroatoms. The quantitative estimate of drug-likeness (QED) is 0.121. The van der Waals surface area contributed by atoms with Gasteiger partial charge in [-0.1, -0.05) is 32.0 Å². The Morgan fingerprint density at radius 3 is 2.41 bits per heavy atom. The molecule has 0 unspecified atom stereocenters. The fourth-order valence-electron chi connectivity index (χ4n) is 11.4. The number of rotatable bonds is 16. The Balaban J connectivity index is 1.32. The molecule has 1 aromatic heterocycles. The molecule has 18 nitrogen and oxygen atoms in total. The van der Waals surface area contributed by atoms with Gasteiger partial charge in [0.05, 0.1) is 53.6 Å². The molecule has 0 aliphatic carbocycles. The first-order valence-electron chi connectivity index (χ1n) is 25.6. The van der Waals surface area contributed by atoms with Crippen LogP contribution < -0.4 is 10.6 Å². The summed E-state index contributed by atoms with van der Waals surface area (Å²) in [7, 11) is 9.41. The molecular formula is C52H87N7O11. The molecule has 0 bridgehead atoms. The number of aldehydes is 1. The Labute approximate surface area is 416 Å². The predicted octanol–water partition coefficient (Wildman–Crippen LogP) is 2.63. The number of carbonyl (C=O) groups excluding carboxylic acids is 3. The first-order valence-corrected chi connectivity index (χ1v) is 25.6. The largest absolute Gasteiger partial charge is 0.387 e. The number of H-pyrrole nitrogens is 1. The van der Waals surface area contributed by atoms with Gasteiger partial charge >= 0.3 is 0 Å². The maximum atomic E-state index is 14.6. The lowest BCUT2D eigenvalue weighted by molar-refractivity contribution is -0.324. The van der Waals surface area contributed by atoms with Crippen LogP contribution in [-0.4, -0.2) is 220 Å². The maximum absolute atomic E-state index is 14.6. The van der Waals surface area contributed by atoms with Gasteiger partial charge in [0.1, 0.15) is 18.5 Å². The van der Waals surface area contributed by atoms with Crippen molar-refractivity contribution < 1.29 is 53.0 Å². The number of hydrogen-bond acceptors (Lipinski definition) is 15. The summed E-state index contributed by atoms with van der Waals surface area (Å²) in [5.41, 5.74) is -2.04. The molecule has 2 amide bonds. The van der Waals surface area contributed by atoms with Gasteiger partial charge in [0.15, 0.2) is 12.6 Å². The third-order valence-electron chi connectivity index (χ3n) is 15.6. The summed E-state index contributed by atoms with van der Waals surface area (Å²) in [6.07, 6.45) is -1.67. The summed E-state index contributed by atoms with van der Waals surface area (Å²) < 4.78 is 39.9. The Morgan fingerprint density at radius 2 is 1.73 bits per heavy atom. The van der Waals surface area contributed by atoms with Crippen LogP contribution in [0, 0.1) is 17.3 Å². The fraction of sp³-hybridized carbons (Fsp3) is 0.788. The molecule has 0 radical (unpaired) electrons. The first-order chi connectivity index (χ1) is 33.1. The minimum atomic E-state index is -1.58. The molecule has 0 saturated carbocycles. The van der Waals surface area contributed by atoms with Gasteiger partial charge in [-0.05, 0) is 99.0 Å². The van der Waals surface area contributed by atoms with Crippen LogP contribution >= 0.6 is 0 Å². The van der Waals surface area contributed by atoms with Crippen molar-refractivity contribution in [3.8, 4) is 0 Å². The topological polar surface area (TPSA) is 200 Å². The lowest BCUT2D eigenvalue weighted by Crippen LogP contribution is -2.62. The number of para-hydroxylation sites is 1. The molecule has 15 atom stereocenters. The molecule has 4 aliphatic heterocycles. The first kappa shape index (κ1) is 56.2. The average Bonchev–Trinajstić information content (AvgIpc) is 3.72. The number of carbonyl (C=O) groups is 3. The van der Waals surface area contributed by atoms with E-state index in [2.05, 4.69) is 37.4 Å². The Morgan fingerprint density at radius 1 is 1.01 bits per heavy atom. The lowest BCUT2D eigenvalue weighted by Gasteiger charge is -2.50. The van der Waals surface area contributed by atoms with E-state index < -0.39 is 71.7 Å². The molecule has 396 valence electrons. The van der Waals surface area contributed by atoms with Gasteiger partial charge in [0, 0.05) is 102 Å². The van der Waals surface area contributed by atoms with Gasteiger partial charge in [-0.25, -0.2) is 0 Å². The monoisotopic (exact) mass is 986 g/mol. The van der Waals surface area contributed by atoms with Crippen LogP contribution in [0.15, 0.2) is 30.5 Å². The van der Waals surface area contributed by atoms with Crippen molar-refractivity contribution >= 4 is 29.0 Å². The molecule has 1 aromatic carbocycles. The average molecular weight is 986 g/mol. The second kappa shape index (κ2) is 24.3. The third-order valence-corrected chi connectivity index (χ3v) is 15.6. The molecule has 6 rings (SSSR count). The number of piperazine rings is 1. The Bertz CT molecular complexity index is 2000. The highest BCUT2D eigenvalue weighted by Gasteiger charge is 2.54.